The lowest BCUT2D eigenvalue weighted by Crippen LogP contribution is -2.51. The molecule has 1 aliphatic carbocycles. The van der Waals surface area contributed by atoms with Crippen LogP contribution in [0.4, 0.5) is 0 Å². The van der Waals surface area contributed by atoms with E-state index < -0.39 is 0 Å². The Labute approximate surface area is 114 Å². The van der Waals surface area contributed by atoms with E-state index in [9.17, 15) is 0 Å². The molecule has 0 unspecified atom stereocenters. The van der Waals surface area contributed by atoms with Crippen molar-refractivity contribution in [2.45, 2.75) is 64.3 Å². The number of piperazine rings is 1. The van der Waals surface area contributed by atoms with Gasteiger partial charge in [-0.25, -0.2) is 0 Å². The molecule has 1 atom stereocenters. The maximum atomic E-state index is 2.72. The van der Waals surface area contributed by atoms with Gasteiger partial charge in [0.25, 0.3) is 0 Å². The van der Waals surface area contributed by atoms with Crippen LogP contribution in [0.5, 0.6) is 0 Å². The van der Waals surface area contributed by atoms with Crippen LogP contribution in [0, 0.1) is 5.92 Å². The van der Waals surface area contributed by atoms with Crippen molar-refractivity contribution >= 4 is 0 Å². The van der Waals surface area contributed by atoms with E-state index in [0.717, 1.165) is 12.0 Å². The molecule has 1 aliphatic heterocycles. The van der Waals surface area contributed by atoms with Crippen LogP contribution in [0.15, 0.2) is 0 Å². The van der Waals surface area contributed by atoms with E-state index in [1.807, 2.05) is 0 Å². The lowest BCUT2D eigenvalue weighted by Gasteiger charge is -2.39. The van der Waals surface area contributed by atoms with Gasteiger partial charge in [-0.1, -0.05) is 45.4 Å². The molecular formula is C16H32N2. The average molecular weight is 252 g/mol. The summed E-state index contributed by atoms with van der Waals surface area (Å²) >= 11 is 0. The number of likely N-dealkylation sites (N-methyl/N-ethyl adjacent to an activating group) is 1. The third-order valence-corrected chi connectivity index (χ3v) is 5.16. The topological polar surface area (TPSA) is 6.48 Å². The molecule has 0 radical (unpaired) electrons. The average Bonchev–Trinajstić information content (AvgIpc) is 2.66. The zero-order chi connectivity index (χ0) is 12.8. The SMILES string of the molecule is CC[C@H]1CN(CCC2CCCCCC2)CCN1C. The normalized spacial score (nSPS) is 29.3. The van der Waals surface area contributed by atoms with Gasteiger partial charge in [-0.3, -0.25) is 0 Å². The second-order valence-corrected chi connectivity index (χ2v) is 6.49. The minimum atomic E-state index is 0.799. The minimum absolute atomic E-state index is 0.799. The Morgan fingerprint density at radius 3 is 2.39 bits per heavy atom. The van der Waals surface area contributed by atoms with Crippen LogP contribution in [-0.4, -0.2) is 49.1 Å². The summed E-state index contributed by atoms with van der Waals surface area (Å²) < 4.78 is 0. The Hall–Kier alpha value is -0.0800. The van der Waals surface area contributed by atoms with Crippen LogP contribution in [0.25, 0.3) is 0 Å². The van der Waals surface area contributed by atoms with E-state index in [1.165, 1.54) is 77.5 Å². The molecule has 18 heavy (non-hydrogen) atoms. The molecule has 2 fully saturated rings. The molecule has 106 valence electrons. The Bertz CT molecular complexity index is 221. The van der Waals surface area contributed by atoms with Crippen molar-refractivity contribution in [1.82, 2.24) is 9.80 Å². The highest BCUT2D eigenvalue weighted by Crippen LogP contribution is 2.26. The van der Waals surface area contributed by atoms with Crippen molar-refractivity contribution in [3.8, 4) is 0 Å². The maximum absolute atomic E-state index is 2.72. The van der Waals surface area contributed by atoms with Crippen molar-refractivity contribution < 1.29 is 0 Å². The molecule has 0 aromatic rings. The van der Waals surface area contributed by atoms with E-state index in [0.29, 0.717) is 0 Å². The molecule has 0 aromatic heterocycles. The van der Waals surface area contributed by atoms with Crippen molar-refractivity contribution in [2.24, 2.45) is 5.92 Å². The maximum Gasteiger partial charge on any atom is 0.0218 e. The first-order valence-electron chi connectivity index (χ1n) is 8.22. The first kappa shape index (κ1) is 14.3. The molecule has 1 heterocycles. The summed E-state index contributed by atoms with van der Waals surface area (Å²) in [5, 5.41) is 0. The number of hydrogen-bond acceptors (Lipinski definition) is 2. The van der Waals surface area contributed by atoms with Crippen molar-refractivity contribution in [2.75, 3.05) is 33.2 Å². The zero-order valence-corrected chi connectivity index (χ0v) is 12.5. The second kappa shape index (κ2) is 7.49. The van der Waals surface area contributed by atoms with Gasteiger partial charge in [-0.05, 0) is 32.4 Å². The summed E-state index contributed by atoms with van der Waals surface area (Å²) in [4.78, 5) is 5.27. The summed E-state index contributed by atoms with van der Waals surface area (Å²) in [6.45, 7) is 7.55. The van der Waals surface area contributed by atoms with Gasteiger partial charge in [-0.2, -0.15) is 0 Å². The van der Waals surface area contributed by atoms with Gasteiger partial charge in [0.15, 0.2) is 0 Å². The third kappa shape index (κ3) is 4.24. The monoisotopic (exact) mass is 252 g/mol. The Morgan fingerprint density at radius 1 is 1.00 bits per heavy atom. The van der Waals surface area contributed by atoms with Crippen LogP contribution in [-0.2, 0) is 0 Å². The minimum Gasteiger partial charge on any atom is -0.301 e. The molecule has 2 aliphatic rings. The number of hydrogen-bond donors (Lipinski definition) is 0. The van der Waals surface area contributed by atoms with E-state index in [4.69, 9.17) is 0 Å². The van der Waals surface area contributed by atoms with Crippen LogP contribution in [0.1, 0.15) is 58.3 Å². The fraction of sp³-hybridized carbons (Fsp3) is 1.00. The van der Waals surface area contributed by atoms with E-state index in [2.05, 4.69) is 23.8 Å². The number of rotatable bonds is 4. The van der Waals surface area contributed by atoms with E-state index in [-0.39, 0.29) is 0 Å². The molecule has 0 N–H and O–H groups in total. The van der Waals surface area contributed by atoms with Gasteiger partial charge in [0.1, 0.15) is 0 Å². The molecule has 2 rings (SSSR count). The summed E-state index contributed by atoms with van der Waals surface area (Å²) in [5.74, 6) is 1.03. The van der Waals surface area contributed by atoms with Crippen LogP contribution >= 0.6 is 0 Å². The zero-order valence-electron chi connectivity index (χ0n) is 12.5. The van der Waals surface area contributed by atoms with Crippen LogP contribution in [0.3, 0.4) is 0 Å². The smallest absolute Gasteiger partial charge is 0.0218 e. The fourth-order valence-electron chi connectivity index (χ4n) is 3.67. The molecule has 2 heteroatoms. The van der Waals surface area contributed by atoms with Gasteiger partial charge in [0, 0.05) is 25.7 Å². The number of nitrogens with zero attached hydrogens (tertiary/aromatic N) is 2. The predicted molar refractivity (Wildman–Crippen MR) is 79.0 cm³/mol. The van der Waals surface area contributed by atoms with E-state index >= 15 is 0 Å². The molecule has 0 aromatic carbocycles. The van der Waals surface area contributed by atoms with Gasteiger partial charge in [0.05, 0.1) is 0 Å². The molecule has 0 spiro atoms. The van der Waals surface area contributed by atoms with Crippen LogP contribution < -0.4 is 0 Å². The molecule has 0 amide bonds. The van der Waals surface area contributed by atoms with Crippen molar-refractivity contribution in [1.29, 1.82) is 0 Å². The van der Waals surface area contributed by atoms with Crippen LogP contribution in [0.2, 0.25) is 0 Å². The highest BCUT2D eigenvalue weighted by Gasteiger charge is 2.23. The predicted octanol–water partition coefficient (Wildman–Crippen LogP) is 3.37. The first-order valence-corrected chi connectivity index (χ1v) is 8.22. The Morgan fingerprint density at radius 2 is 1.72 bits per heavy atom. The highest BCUT2D eigenvalue weighted by atomic mass is 15.3. The summed E-state index contributed by atoms with van der Waals surface area (Å²) in [6.07, 6.45) is 11.7. The lowest BCUT2D eigenvalue weighted by molar-refractivity contribution is 0.0882. The summed E-state index contributed by atoms with van der Waals surface area (Å²) in [7, 11) is 2.29. The van der Waals surface area contributed by atoms with Crippen molar-refractivity contribution in [3.63, 3.8) is 0 Å². The standard InChI is InChI=1S/C16H32N2/c1-3-16-14-18(13-12-17(16)2)11-10-15-8-6-4-5-7-9-15/h15-16H,3-14H2,1-2H3/t16-/m0/s1. The van der Waals surface area contributed by atoms with Gasteiger partial charge >= 0.3 is 0 Å². The Balaban J connectivity index is 1.69. The van der Waals surface area contributed by atoms with Gasteiger partial charge < -0.3 is 9.80 Å². The summed E-state index contributed by atoms with van der Waals surface area (Å²) in [5.41, 5.74) is 0. The molecule has 0 bridgehead atoms. The first-order chi connectivity index (χ1) is 8.79. The van der Waals surface area contributed by atoms with E-state index in [1.54, 1.807) is 0 Å². The quantitative estimate of drug-likeness (QED) is 0.708. The lowest BCUT2D eigenvalue weighted by atomic mass is 9.96. The van der Waals surface area contributed by atoms with Gasteiger partial charge in [-0.15, -0.1) is 0 Å². The third-order valence-electron chi connectivity index (χ3n) is 5.16. The summed E-state index contributed by atoms with van der Waals surface area (Å²) in [6, 6.07) is 0.799. The molecule has 2 nitrogen and oxygen atoms in total. The van der Waals surface area contributed by atoms with Gasteiger partial charge in [0.2, 0.25) is 0 Å². The fourth-order valence-corrected chi connectivity index (χ4v) is 3.67. The Kier molecular flexibility index (Phi) is 5.97. The highest BCUT2D eigenvalue weighted by molar-refractivity contribution is 4.79. The van der Waals surface area contributed by atoms with Crippen molar-refractivity contribution in [3.05, 3.63) is 0 Å². The second-order valence-electron chi connectivity index (χ2n) is 6.49. The molecule has 1 saturated heterocycles. The molecule has 1 saturated carbocycles. The largest absolute Gasteiger partial charge is 0.301 e. The molecular weight excluding hydrogens is 220 g/mol.